The lowest BCUT2D eigenvalue weighted by atomic mass is 9.83. The minimum Gasteiger partial charge on any atom is -0.381 e. The Balaban J connectivity index is 2.05. The zero-order valence-corrected chi connectivity index (χ0v) is 10.4. The van der Waals surface area contributed by atoms with Gasteiger partial charge in [0.15, 0.2) is 0 Å². The molecule has 0 saturated heterocycles. The monoisotopic (exact) mass is 218 g/mol. The summed E-state index contributed by atoms with van der Waals surface area (Å²) in [7, 11) is 0. The number of aryl methyl sites for hydroxylation is 1. The fraction of sp³-hybridized carbons (Fsp3) is 0.643. The molecule has 2 atom stereocenters. The van der Waals surface area contributed by atoms with E-state index in [1.807, 2.05) is 12.3 Å². The molecule has 0 bridgehead atoms. The normalized spacial score (nSPS) is 25.4. The highest BCUT2D eigenvalue weighted by atomic mass is 14.9. The zero-order valence-electron chi connectivity index (χ0n) is 10.4. The number of nitrogens with one attached hydrogen (secondary N) is 1. The smallest absolute Gasteiger partial charge is 0.0603 e. The first-order valence-corrected chi connectivity index (χ1v) is 6.49. The molecule has 0 spiro atoms. The standard InChI is InChI=1S/C14H22N2/c1-3-12-7-4-5-8-14(12)16-13-9-6-10-15-11(13)2/h6,9-10,12,14,16H,3-5,7-8H2,1-2H3. The van der Waals surface area contributed by atoms with E-state index in [1.54, 1.807) is 0 Å². The van der Waals surface area contributed by atoms with Crippen LogP contribution in [0.15, 0.2) is 18.3 Å². The van der Waals surface area contributed by atoms with E-state index in [4.69, 9.17) is 0 Å². The SMILES string of the molecule is CCC1CCCCC1Nc1cccnc1C. The number of rotatable bonds is 3. The van der Waals surface area contributed by atoms with E-state index in [0.29, 0.717) is 6.04 Å². The maximum Gasteiger partial charge on any atom is 0.0603 e. The minimum atomic E-state index is 0.654. The quantitative estimate of drug-likeness (QED) is 0.835. The van der Waals surface area contributed by atoms with Gasteiger partial charge < -0.3 is 5.32 Å². The van der Waals surface area contributed by atoms with Crippen LogP contribution in [-0.4, -0.2) is 11.0 Å². The van der Waals surface area contributed by atoms with Crippen molar-refractivity contribution in [2.75, 3.05) is 5.32 Å². The Morgan fingerprint density at radius 2 is 2.19 bits per heavy atom. The van der Waals surface area contributed by atoms with E-state index >= 15 is 0 Å². The number of nitrogens with zero attached hydrogens (tertiary/aromatic N) is 1. The average molecular weight is 218 g/mol. The summed E-state index contributed by atoms with van der Waals surface area (Å²) in [6.07, 6.45) is 8.62. The molecule has 0 aliphatic heterocycles. The summed E-state index contributed by atoms with van der Waals surface area (Å²) in [5.41, 5.74) is 2.33. The van der Waals surface area contributed by atoms with Gasteiger partial charge in [-0.25, -0.2) is 0 Å². The van der Waals surface area contributed by atoms with Crippen molar-refractivity contribution < 1.29 is 0 Å². The lowest BCUT2D eigenvalue weighted by Gasteiger charge is -2.32. The van der Waals surface area contributed by atoms with Gasteiger partial charge in [0.1, 0.15) is 0 Å². The summed E-state index contributed by atoms with van der Waals surface area (Å²) in [5, 5.41) is 3.69. The highest BCUT2D eigenvalue weighted by Crippen LogP contribution is 2.29. The second-order valence-corrected chi connectivity index (χ2v) is 4.84. The molecule has 1 aliphatic carbocycles. The summed E-state index contributed by atoms with van der Waals surface area (Å²) in [4.78, 5) is 4.33. The Bertz CT molecular complexity index is 335. The lowest BCUT2D eigenvalue weighted by Crippen LogP contribution is -2.32. The zero-order chi connectivity index (χ0) is 11.4. The number of pyridine rings is 1. The van der Waals surface area contributed by atoms with Gasteiger partial charge in [0.2, 0.25) is 0 Å². The van der Waals surface area contributed by atoms with Crippen molar-refractivity contribution in [3.63, 3.8) is 0 Å². The van der Waals surface area contributed by atoms with E-state index in [-0.39, 0.29) is 0 Å². The van der Waals surface area contributed by atoms with Gasteiger partial charge in [0, 0.05) is 12.2 Å². The van der Waals surface area contributed by atoms with E-state index in [2.05, 4.69) is 30.2 Å². The molecule has 88 valence electrons. The van der Waals surface area contributed by atoms with Crippen LogP contribution in [-0.2, 0) is 0 Å². The van der Waals surface area contributed by atoms with Crippen LogP contribution < -0.4 is 5.32 Å². The molecule has 0 aromatic carbocycles. The van der Waals surface area contributed by atoms with Gasteiger partial charge in [-0.3, -0.25) is 4.98 Å². The molecule has 16 heavy (non-hydrogen) atoms. The van der Waals surface area contributed by atoms with Crippen molar-refractivity contribution in [3.8, 4) is 0 Å². The predicted octanol–water partition coefficient (Wildman–Crippen LogP) is 3.77. The highest BCUT2D eigenvalue weighted by Gasteiger charge is 2.23. The molecule has 2 rings (SSSR count). The second-order valence-electron chi connectivity index (χ2n) is 4.84. The fourth-order valence-electron chi connectivity index (χ4n) is 2.72. The maximum atomic E-state index is 4.33. The van der Waals surface area contributed by atoms with Gasteiger partial charge >= 0.3 is 0 Å². The lowest BCUT2D eigenvalue weighted by molar-refractivity contribution is 0.317. The van der Waals surface area contributed by atoms with Crippen molar-refractivity contribution in [2.45, 2.75) is 52.0 Å². The van der Waals surface area contributed by atoms with Gasteiger partial charge in [0.25, 0.3) is 0 Å². The molecule has 1 saturated carbocycles. The van der Waals surface area contributed by atoms with Crippen LogP contribution in [0.2, 0.25) is 0 Å². The van der Waals surface area contributed by atoms with Crippen LogP contribution in [0.1, 0.15) is 44.7 Å². The van der Waals surface area contributed by atoms with Crippen LogP contribution in [0.5, 0.6) is 0 Å². The molecule has 1 N–H and O–H groups in total. The maximum absolute atomic E-state index is 4.33. The summed E-state index contributed by atoms with van der Waals surface area (Å²) < 4.78 is 0. The van der Waals surface area contributed by atoms with Crippen molar-refractivity contribution >= 4 is 5.69 Å². The van der Waals surface area contributed by atoms with Crippen LogP contribution in [0, 0.1) is 12.8 Å². The fourth-order valence-corrected chi connectivity index (χ4v) is 2.72. The van der Waals surface area contributed by atoms with Crippen molar-refractivity contribution in [1.82, 2.24) is 4.98 Å². The Morgan fingerprint density at radius 3 is 2.94 bits per heavy atom. The number of aromatic nitrogens is 1. The molecule has 2 heteroatoms. The van der Waals surface area contributed by atoms with Gasteiger partial charge in [-0.2, -0.15) is 0 Å². The van der Waals surface area contributed by atoms with Crippen molar-refractivity contribution in [2.24, 2.45) is 5.92 Å². The van der Waals surface area contributed by atoms with Gasteiger partial charge in [-0.15, -0.1) is 0 Å². The summed E-state index contributed by atoms with van der Waals surface area (Å²) >= 11 is 0. The Hall–Kier alpha value is -1.05. The highest BCUT2D eigenvalue weighted by molar-refractivity contribution is 5.47. The Kier molecular flexibility index (Phi) is 3.81. The molecule has 0 radical (unpaired) electrons. The number of anilines is 1. The third-order valence-corrected chi connectivity index (χ3v) is 3.78. The minimum absolute atomic E-state index is 0.654. The van der Waals surface area contributed by atoms with Crippen molar-refractivity contribution in [3.05, 3.63) is 24.0 Å². The van der Waals surface area contributed by atoms with Crippen LogP contribution in [0.3, 0.4) is 0 Å². The molecule has 2 unspecified atom stereocenters. The van der Waals surface area contributed by atoms with E-state index in [1.165, 1.54) is 37.8 Å². The first-order valence-electron chi connectivity index (χ1n) is 6.49. The molecule has 1 fully saturated rings. The molecular formula is C14H22N2. The molecule has 0 amide bonds. The molecule has 1 aromatic heterocycles. The second kappa shape index (κ2) is 5.33. The van der Waals surface area contributed by atoms with Crippen LogP contribution >= 0.6 is 0 Å². The number of hydrogen-bond donors (Lipinski definition) is 1. The first kappa shape index (κ1) is 11.4. The molecule has 2 nitrogen and oxygen atoms in total. The van der Waals surface area contributed by atoms with Gasteiger partial charge in [0.05, 0.1) is 11.4 Å². The van der Waals surface area contributed by atoms with Gasteiger partial charge in [-0.05, 0) is 37.8 Å². The Morgan fingerprint density at radius 1 is 1.38 bits per heavy atom. The topological polar surface area (TPSA) is 24.9 Å². The summed E-state index contributed by atoms with van der Waals surface area (Å²) in [6.45, 7) is 4.38. The van der Waals surface area contributed by atoms with E-state index in [9.17, 15) is 0 Å². The molecule has 1 heterocycles. The average Bonchev–Trinajstić information content (AvgIpc) is 2.33. The predicted molar refractivity (Wildman–Crippen MR) is 68.6 cm³/mol. The third-order valence-electron chi connectivity index (χ3n) is 3.78. The molecule has 1 aromatic rings. The van der Waals surface area contributed by atoms with Crippen LogP contribution in [0.4, 0.5) is 5.69 Å². The number of hydrogen-bond acceptors (Lipinski definition) is 2. The Labute approximate surface area is 98.5 Å². The summed E-state index contributed by atoms with van der Waals surface area (Å²) in [5.74, 6) is 0.841. The van der Waals surface area contributed by atoms with Crippen LogP contribution in [0.25, 0.3) is 0 Å². The first-order chi connectivity index (χ1) is 7.81. The van der Waals surface area contributed by atoms with Gasteiger partial charge in [-0.1, -0.05) is 26.2 Å². The summed E-state index contributed by atoms with van der Waals surface area (Å²) in [6, 6.07) is 4.81. The van der Waals surface area contributed by atoms with E-state index in [0.717, 1.165) is 11.6 Å². The molecular weight excluding hydrogens is 196 g/mol. The van der Waals surface area contributed by atoms with E-state index < -0.39 is 0 Å². The van der Waals surface area contributed by atoms with Crippen molar-refractivity contribution in [1.29, 1.82) is 0 Å². The molecule has 1 aliphatic rings. The largest absolute Gasteiger partial charge is 0.381 e. The third kappa shape index (κ3) is 2.55.